The van der Waals surface area contributed by atoms with E-state index in [0.29, 0.717) is 6.04 Å². The monoisotopic (exact) mass is 154 g/mol. The highest BCUT2D eigenvalue weighted by Crippen LogP contribution is 2.15. The number of hydrogen-bond acceptors (Lipinski definition) is 2. The van der Waals surface area contributed by atoms with Crippen LogP contribution in [-0.4, -0.2) is 14.7 Å². The third kappa shape index (κ3) is 1.60. The maximum absolute atomic E-state index is 9.28. The van der Waals surface area contributed by atoms with Crippen molar-refractivity contribution in [3.63, 3.8) is 0 Å². The predicted molar refractivity (Wildman–Crippen MR) is 43.2 cm³/mol. The molecule has 1 heterocycles. The van der Waals surface area contributed by atoms with Crippen molar-refractivity contribution < 1.29 is 5.11 Å². The highest BCUT2D eigenvalue weighted by Gasteiger charge is 2.08. The first-order chi connectivity index (χ1) is 5.13. The summed E-state index contributed by atoms with van der Waals surface area (Å²) < 4.78 is 1.96. The Hall–Kier alpha value is -0.830. The van der Waals surface area contributed by atoms with Gasteiger partial charge in [0.15, 0.2) is 0 Å². The summed E-state index contributed by atoms with van der Waals surface area (Å²) in [6.07, 6.45) is 3.01. The summed E-state index contributed by atoms with van der Waals surface area (Å²) in [6, 6.07) is 0.363. The van der Waals surface area contributed by atoms with Gasteiger partial charge in [-0.05, 0) is 20.8 Å². The van der Waals surface area contributed by atoms with E-state index in [9.17, 15) is 5.11 Å². The second-order valence-corrected chi connectivity index (χ2v) is 3.00. The molecule has 1 rings (SSSR count). The molecule has 3 nitrogen and oxygen atoms in total. The van der Waals surface area contributed by atoms with Gasteiger partial charge in [-0.15, -0.1) is 0 Å². The number of rotatable bonds is 2. The minimum Gasteiger partial charge on any atom is -0.387 e. The van der Waals surface area contributed by atoms with Gasteiger partial charge in [-0.1, -0.05) is 0 Å². The molecule has 11 heavy (non-hydrogen) atoms. The molecule has 0 bridgehead atoms. The maximum Gasteiger partial charge on any atom is 0.0951 e. The fourth-order valence-corrected chi connectivity index (χ4v) is 1.07. The first kappa shape index (κ1) is 8.27. The Morgan fingerprint density at radius 2 is 2.09 bits per heavy atom. The van der Waals surface area contributed by atoms with Crippen LogP contribution in [-0.2, 0) is 0 Å². The molecule has 0 saturated carbocycles. The molecular weight excluding hydrogens is 140 g/mol. The third-order valence-electron chi connectivity index (χ3n) is 1.68. The zero-order valence-corrected chi connectivity index (χ0v) is 7.15. The van der Waals surface area contributed by atoms with E-state index >= 15 is 0 Å². The molecule has 0 aromatic carbocycles. The van der Waals surface area contributed by atoms with E-state index in [0.717, 1.165) is 5.69 Å². The largest absolute Gasteiger partial charge is 0.387 e. The fourth-order valence-electron chi connectivity index (χ4n) is 1.07. The Bertz CT molecular complexity index is 205. The van der Waals surface area contributed by atoms with Crippen LogP contribution in [0.3, 0.4) is 0 Å². The van der Waals surface area contributed by atoms with Gasteiger partial charge in [0.2, 0.25) is 0 Å². The topological polar surface area (TPSA) is 38.1 Å². The average Bonchev–Trinajstić information content (AvgIpc) is 2.32. The summed E-state index contributed by atoms with van der Waals surface area (Å²) in [7, 11) is 0. The van der Waals surface area contributed by atoms with Crippen molar-refractivity contribution in [3.8, 4) is 0 Å². The van der Waals surface area contributed by atoms with Gasteiger partial charge in [0, 0.05) is 6.04 Å². The Kier molecular flexibility index (Phi) is 2.29. The molecule has 0 amide bonds. The van der Waals surface area contributed by atoms with E-state index in [1.165, 1.54) is 0 Å². The first-order valence-electron chi connectivity index (χ1n) is 3.82. The van der Waals surface area contributed by atoms with E-state index in [4.69, 9.17) is 0 Å². The number of hydrogen-bond donors (Lipinski definition) is 1. The molecule has 1 N–H and O–H groups in total. The van der Waals surface area contributed by atoms with Gasteiger partial charge in [0.05, 0.1) is 24.3 Å². The number of nitrogens with zero attached hydrogens (tertiary/aromatic N) is 2. The van der Waals surface area contributed by atoms with Crippen LogP contribution in [0, 0.1) is 0 Å². The highest BCUT2D eigenvalue weighted by molar-refractivity contribution is 5.02. The molecule has 3 heteroatoms. The van der Waals surface area contributed by atoms with Crippen LogP contribution in [0.5, 0.6) is 0 Å². The molecule has 1 atom stereocenters. The van der Waals surface area contributed by atoms with Crippen LogP contribution in [0.25, 0.3) is 0 Å². The minimum atomic E-state index is -0.431. The highest BCUT2D eigenvalue weighted by atomic mass is 16.3. The number of imidazole rings is 1. The summed E-state index contributed by atoms with van der Waals surface area (Å²) in [5.74, 6) is 0. The van der Waals surface area contributed by atoms with E-state index in [2.05, 4.69) is 18.8 Å². The second kappa shape index (κ2) is 3.05. The van der Waals surface area contributed by atoms with Crippen molar-refractivity contribution in [1.82, 2.24) is 9.55 Å². The van der Waals surface area contributed by atoms with Crippen LogP contribution in [0.15, 0.2) is 12.5 Å². The zero-order chi connectivity index (χ0) is 8.43. The zero-order valence-electron chi connectivity index (χ0n) is 7.15. The van der Waals surface area contributed by atoms with Crippen molar-refractivity contribution >= 4 is 0 Å². The van der Waals surface area contributed by atoms with Crippen molar-refractivity contribution in [2.24, 2.45) is 0 Å². The van der Waals surface area contributed by atoms with Gasteiger partial charge in [0.1, 0.15) is 0 Å². The minimum absolute atomic E-state index is 0.363. The lowest BCUT2D eigenvalue weighted by molar-refractivity contribution is 0.187. The van der Waals surface area contributed by atoms with E-state index in [1.54, 1.807) is 19.4 Å². The van der Waals surface area contributed by atoms with Crippen molar-refractivity contribution in [3.05, 3.63) is 18.2 Å². The van der Waals surface area contributed by atoms with Crippen LogP contribution < -0.4 is 0 Å². The van der Waals surface area contributed by atoms with Gasteiger partial charge >= 0.3 is 0 Å². The maximum atomic E-state index is 9.28. The van der Waals surface area contributed by atoms with Crippen LogP contribution in [0.2, 0.25) is 0 Å². The summed E-state index contributed by atoms with van der Waals surface area (Å²) >= 11 is 0. The van der Waals surface area contributed by atoms with E-state index in [-0.39, 0.29) is 0 Å². The molecule has 62 valence electrons. The standard InChI is InChI=1S/C8H14N2O/c1-6(2)10-5-9-4-8(10)7(3)11/h4-7,11H,1-3H3. The van der Waals surface area contributed by atoms with Gasteiger partial charge in [0.25, 0.3) is 0 Å². The molecule has 0 aliphatic rings. The molecule has 0 radical (unpaired) electrons. The van der Waals surface area contributed by atoms with Gasteiger partial charge in [-0.2, -0.15) is 0 Å². The quantitative estimate of drug-likeness (QED) is 0.701. The van der Waals surface area contributed by atoms with Crippen LogP contribution in [0.1, 0.15) is 38.6 Å². The van der Waals surface area contributed by atoms with Gasteiger partial charge in [-0.25, -0.2) is 4.98 Å². The molecule has 0 aliphatic carbocycles. The summed E-state index contributed by atoms with van der Waals surface area (Å²) in [6.45, 7) is 5.87. The number of aliphatic hydroxyl groups is 1. The molecule has 1 unspecified atom stereocenters. The Labute approximate surface area is 66.7 Å². The second-order valence-electron chi connectivity index (χ2n) is 3.00. The molecule has 1 aromatic rings. The van der Waals surface area contributed by atoms with E-state index in [1.807, 2.05) is 4.57 Å². The summed E-state index contributed by atoms with van der Waals surface area (Å²) in [4.78, 5) is 3.97. The molecule has 1 aromatic heterocycles. The van der Waals surface area contributed by atoms with Crippen LogP contribution in [0.4, 0.5) is 0 Å². The van der Waals surface area contributed by atoms with Gasteiger partial charge < -0.3 is 9.67 Å². The Morgan fingerprint density at radius 3 is 2.45 bits per heavy atom. The lowest BCUT2D eigenvalue weighted by Gasteiger charge is -2.12. The molecule has 0 spiro atoms. The van der Waals surface area contributed by atoms with Crippen molar-refractivity contribution in [2.75, 3.05) is 0 Å². The predicted octanol–water partition coefficient (Wildman–Crippen LogP) is 1.52. The van der Waals surface area contributed by atoms with Crippen LogP contribution >= 0.6 is 0 Å². The smallest absolute Gasteiger partial charge is 0.0951 e. The lowest BCUT2D eigenvalue weighted by Crippen LogP contribution is -2.06. The first-order valence-corrected chi connectivity index (χ1v) is 3.82. The Morgan fingerprint density at radius 1 is 1.45 bits per heavy atom. The third-order valence-corrected chi connectivity index (χ3v) is 1.68. The lowest BCUT2D eigenvalue weighted by atomic mass is 10.3. The molecule has 0 fully saturated rings. The fraction of sp³-hybridized carbons (Fsp3) is 0.625. The normalized spacial score (nSPS) is 13.9. The van der Waals surface area contributed by atoms with Gasteiger partial charge in [-0.3, -0.25) is 0 Å². The Balaban J connectivity index is 2.96. The summed E-state index contributed by atoms with van der Waals surface area (Å²) in [5.41, 5.74) is 0.875. The molecular formula is C8H14N2O. The summed E-state index contributed by atoms with van der Waals surface area (Å²) in [5, 5.41) is 9.28. The molecule has 0 aliphatic heterocycles. The number of aromatic nitrogens is 2. The molecule has 0 saturated heterocycles. The van der Waals surface area contributed by atoms with Crippen molar-refractivity contribution in [2.45, 2.75) is 32.9 Å². The van der Waals surface area contributed by atoms with Crippen molar-refractivity contribution in [1.29, 1.82) is 0 Å². The number of aliphatic hydroxyl groups excluding tert-OH is 1. The average molecular weight is 154 g/mol. The SMILES string of the molecule is CC(O)c1cncn1C(C)C. The van der Waals surface area contributed by atoms with E-state index < -0.39 is 6.10 Å².